The first-order chi connectivity index (χ1) is 9.54. The molecular formula is C16H25FN2O. The maximum absolute atomic E-state index is 14.1. The minimum atomic E-state index is -0.221. The molecule has 0 saturated carbocycles. The summed E-state index contributed by atoms with van der Waals surface area (Å²) in [5, 5.41) is 2.26. The van der Waals surface area contributed by atoms with Gasteiger partial charge < -0.3 is 4.74 Å². The summed E-state index contributed by atoms with van der Waals surface area (Å²) in [5.41, 5.74) is 4.06. The van der Waals surface area contributed by atoms with Crippen LogP contribution in [0.3, 0.4) is 0 Å². The zero-order valence-corrected chi connectivity index (χ0v) is 12.8. The van der Waals surface area contributed by atoms with Crippen molar-refractivity contribution in [3.8, 4) is 5.75 Å². The summed E-state index contributed by atoms with van der Waals surface area (Å²) in [7, 11) is 1.58. The van der Waals surface area contributed by atoms with Crippen LogP contribution in [0, 0.1) is 5.82 Å². The van der Waals surface area contributed by atoms with Crippen LogP contribution in [-0.4, -0.2) is 24.2 Å². The topological polar surface area (TPSA) is 24.5 Å². The third-order valence-corrected chi connectivity index (χ3v) is 4.20. The van der Waals surface area contributed by atoms with Crippen molar-refractivity contribution in [3.05, 3.63) is 29.6 Å². The third-order valence-electron chi connectivity index (χ3n) is 4.20. The Kier molecular flexibility index (Phi) is 5.00. The van der Waals surface area contributed by atoms with E-state index in [0.717, 1.165) is 0 Å². The van der Waals surface area contributed by atoms with Gasteiger partial charge in [-0.15, -0.1) is 0 Å². The fourth-order valence-corrected chi connectivity index (χ4v) is 3.08. The number of hydrogen-bond donors (Lipinski definition) is 1. The Morgan fingerprint density at radius 3 is 2.55 bits per heavy atom. The number of piperidine rings is 1. The van der Waals surface area contributed by atoms with E-state index in [0.29, 0.717) is 23.4 Å². The number of rotatable bonds is 4. The lowest BCUT2D eigenvalue weighted by Crippen LogP contribution is -2.52. The third kappa shape index (κ3) is 3.13. The van der Waals surface area contributed by atoms with Crippen molar-refractivity contribution in [2.24, 2.45) is 0 Å². The number of hydrazine groups is 1. The summed E-state index contributed by atoms with van der Waals surface area (Å²) >= 11 is 0. The normalized spacial score (nSPS) is 25.4. The molecule has 20 heavy (non-hydrogen) atoms. The minimum Gasteiger partial charge on any atom is -0.496 e. The fourth-order valence-electron chi connectivity index (χ4n) is 3.08. The van der Waals surface area contributed by atoms with Crippen LogP contribution in [0.1, 0.15) is 51.6 Å². The Bertz CT molecular complexity index is 442. The van der Waals surface area contributed by atoms with Crippen LogP contribution in [0.15, 0.2) is 18.2 Å². The van der Waals surface area contributed by atoms with Gasteiger partial charge in [0.05, 0.1) is 13.2 Å². The number of hydrogen-bond acceptors (Lipinski definition) is 3. The molecule has 0 aliphatic carbocycles. The number of benzene rings is 1. The number of methoxy groups -OCH3 is 1. The lowest BCUT2D eigenvalue weighted by atomic mass is 9.99. The average molecular weight is 280 g/mol. The van der Waals surface area contributed by atoms with Crippen LogP contribution < -0.4 is 10.2 Å². The highest BCUT2D eigenvalue weighted by atomic mass is 19.1. The van der Waals surface area contributed by atoms with Crippen molar-refractivity contribution >= 4 is 0 Å². The number of nitrogens with one attached hydrogen (secondary N) is 1. The van der Waals surface area contributed by atoms with Crippen molar-refractivity contribution in [2.75, 3.05) is 7.11 Å². The molecule has 4 heteroatoms. The zero-order valence-electron chi connectivity index (χ0n) is 12.8. The maximum Gasteiger partial charge on any atom is 0.131 e. The van der Waals surface area contributed by atoms with E-state index in [1.165, 1.54) is 25.3 Å². The molecule has 3 nitrogen and oxygen atoms in total. The van der Waals surface area contributed by atoms with Crippen molar-refractivity contribution < 1.29 is 9.13 Å². The highest BCUT2D eigenvalue weighted by molar-refractivity contribution is 5.36. The van der Waals surface area contributed by atoms with Crippen LogP contribution in [0.5, 0.6) is 5.75 Å². The van der Waals surface area contributed by atoms with E-state index in [1.807, 2.05) is 6.92 Å². The molecule has 0 amide bonds. The van der Waals surface area contributed by atoms with Gasteiger partial charge >= 0.3 is 0 Å². The largest absolute Gasteiger partial charge is 0.496 e. The molecule has 2 rings (SSSR count). The molecule has 1 aliphatic rings. The highest BCUT2D eigenvalue weighted by Gasteiger charge is 2.27. The second-order valence-corrected chi connectivity index (χ2v) is 5.74. The van der Waals surface area contributed by atoms with Gasteiger partial charge in [0.15, 0.2) is 0 Å². The van der Waals surface area contributed by atoms with Gasteiger partial charge in [0.25, 0.3) is 0 Å². The Balaban J connectivity index is 2.17. The van der Waals surface area contributed by atoms with Gasteiger partial charge in [-0.1, -0.05) is 12.5 Å². The van der Waals surface area contributed by atoms with Crippen LogP contribution in [0.4, 0.5) is 4.39 Å². The molecule has 0 bridgehead atoms. The molecule has 0 aromatic heterocycles. The summed E-state index contributed by atoms with van der Waals surface area (Å²) in [6, 6.07) is 5.79. The molecule has 1 heterocycles. The first-order valence-electron chi connectivity index (χ1n) is 7.41. The summed E-state index contributed by atoms with van der Waals surface area (Å²) in [6.07, 6.45) is 3.62. The molecule has 1 aromatic carbocycles. The molecule has 112 valence electrons. The lowest BCUT2D eigenvalue weighted by Gasteiger charge is -2.41. The van der Waals surface area contributed by atoms with E-state index < -0.39 is 0 Å². The first kappa shape index (κ1) is 15.3. The number of nitrogens with zero attached hydrogens (tertiary/aromatic N) is 1. The summed E-state index contributed by atoms with van der Waals surface area (Å²) < 4.78 is 19.4. The molecule has 3 unspecified atom stereocenters. The van der Waals surface area contributed by atoms with E-state index in [4.69, 9.17) is 4.74 Å². The Hall–Kier alpha value is -1.13. The summed E-state index contributed by atoms with van der Waals surface area (Å²) in [6.45, 7) is 6.41. The van der Waals surface area contributed by atoms with Gasteiger partial charge in [0.1, 0.15) is 11.6 Å². The van der Waals surface area contributed by atoms with E-state index in [2.05, 4.69) is 24.3 Å². The first-order valence-corrected chi connectivity index (χ1v) is 7.41. The van der Waals surface area contributed by atoms with Gasteiger partial charge in [0.2, 0.25) is 0 Å². The van der Waals surface area contributed by atoms with Crippen LogP contribution in [0.2, 0.25) is 0 Å². The molecule has 1 N–H and O–H groups in total. The van der Waals surface area contributed by atoms with Crippen molar-refractivity contribution in [3.63, 3.8) is 0 Å². The monoisotopic (exact) mass is 280 g/mol. The molecule has 1 fully saturated rings. The average Bonchev–Trinajstić information content (AvgIpc) is 2.42. The quantitative estimate of drug-likeness (QED) is 0.911. The molecule has 1 aliphatic heterocycles. The van der Waals surface area contributed by atoms with E-state index in [-0.39, 0.29) is 11.9 Å². The van der Waals surface area contributed by atoms with E-state index in [1.54, 1.807) is 19.2 Å². The fraction of sp³-hybridized carbons (Fsp3) is 0.625. The molecule has 1 aromatic rings. The molecule has 0 radical (unpaired) electrons. The Morgan fingerprint density at radius 2 is 1.95 bits per heavy atom. The maximum atomic E-state index is 14.1. The Labute approximate surface area is 121 Å². The van der Waals surface area contributed by atoms with Gasteiger partial charge in [-0.2, -0.15) is 0 Å². The standard InChI is InChI=1S/C16H25FN2O/c1-11-7-5-8-12(2)19(11)18-13(3)16-14(17)9-6-10-15(16)20-4/h6,9-13,18H,5,7-8H2,1-4H3. The van der Waals surface area contributed by atoms with Crippen molar-refractivity contribution in [2.45, 2.75) is 58.2 Å². The number of halogens is 1. The van der Waals surface area contributed by atoms with E-state index in [9.17, 15) is 4.39 Å². The van der Waals surface area contributed by atoms with Crippen LogP contribution in [0.25, 0.3) is 0 Å². The minimum absolute atomic E-state index is 0.117. The Morgan fingerprint density at radius 1 is 1.30 bits per heavy atom. The molecule has 1 saturated heterocycles. The number of ether oxygens (including phenoxy) is 1. The SMILES string of the molecule is COc1cccc(F)c1C(C)NN1C(C)CCCC1C. The molecular weight excluding hydrogens is 255 g/mol. The lowest BCUT2D eigenvalue weighted by molar-refractivity contribution is 0.0311. The second-order valence-electron chi connectivity index (χ2n) is 5.74. The van der Waals surface area contributed by atoms with Crippen LogP contribution in [-0.2, 0) is 0 Å². The predicted octanol–water partition coefficient (Wildman–Crippen LogP) is 3.66. The summed E-state index contributed by atoms with van der Waals surface area (Å²) in [5.74, 6) is 0.379. The van der Waals surface area contributed by atoms with Gasteiger partial charge in [-0.25, -0.2) is 14.8 Å². The zero-order chi connectivity index (χ0) is 14.7. The molecule has 0 spiro atoms. The summed E-state index contributed by atoms with van der Waals surface area (Å²) in [4.78, 5) is 0. The van der Waals surface area contributed by atoms with Crippen LogP contribution >= 0.6 is 0 Å². The smallest absolute Gasteiger partial charge is 0.131 e. The molecule has 3 atom stereocenters. The van der Waals surface area contributed by atoms with Gasteiger partial charge in [0, 0.05) is 17.6 Å². The van der Waals surface area contributed by atoms with E-state index >= 15 is 0 Å². The van der Waals surface area contributed by atoms with Gasteiger partial charge in [-0.3, -0.25) is 0 Å². The predicted molar refractivity (Wildman–Crippen MR) is 79.1 cm³/mol. The second kappa shape index (κ2) is 6.55. The highest BCUT2D eigenvalue weighted by Crippen LogP contribution is 2.29. The van der Waals surface area contributed by atoms with Crippen molar-refractivity contribution in [1.82, 2.24) is 10.4 Å². The van der Waals surface area contributed by atoms with Crippen molar-refractivity contribution in [1.29, 1.82) is 0 Å². The van der Waals surface area contributed by atoms with Gasteiger partial charge in [-0.05, 0) is 45.7 Å².